The first-order chi connectivity index (χ1) is 8.16. The maximum absolute atomic E-state index is 11.9. The number of rotatable bonds is 2. The molecule has 1 heterocycles. The molecule has 1 aromatic rings. The standard InChI is InChI=1S/C13H16ClNO2.ClH/c1-15-8-4-5-10(9-15)17-13(16)11-6-2-3-7-12(11)14;/h2-3,6-7,10H,4-5,8-9H2,1H3;1H/p-1. The smallest absolute Gasteiger partial charge is 0.339 e. The van der Waals surface area contributed by atoms with E-state index < -0.39 is 0 Å². The minimum atomic E-state index is -0.323. The molecule has 1 aliphatic heterocycles. The third kappa shape index (κ3) is 3.87. The summed E-state index contributed by atoms with van der Waals surface area (Å²) < 4.78 is 5.46. The second kappa shape index (κ2) is 6.98. The highest BCUT2D eigenvalue weighted by Gasteiger charge is 2.22. The summed E-state index contributed by atoms with van der Waals surface area (Å²) in [4.78, 5) is 14.1. The minimum Gasteiger partial charge on any atom is -1.00 e. The largest absolute Gasteiger partial charge is 1.00 e. The number of nitrogens with zero attached hydrogens (tertiary/aromatic N) is 1. The molecule has 2 rings (SSSR count). The Kier molecular flexibility index (Phi) is 5.93. The summed E-state index contributed by atoms with van der Waals surface area (Å²) in [6, 6.07) is 6.98. The quantitative estimate of drug-likeness (QED) is 0.694. The summed E-state index contributed by atoms with van der Waals surface area (Å²) in [7, 11) is 2.04. The lowest BCUT2D eigenvalue weighted by atomic mass is 10.1. The number of carbonyl (C=O) groups is 1. The maximum atomic E-state index is 11.9. The van der Waals surface area contributed by atoms with E-state index in [9.17, 15) is 4.79 Å². The van der Waals surface area contributed by atoms with Crippen molar-refractivity contribution in [3.63, 3.8) is 0 Å². The monoisotopic (exact) mass is 288 g/mol. The van der Waals surface area contributed by atoms with Gasteiger partial charge in [0.2, 0.25) is 0 Å². The molecule has 0 amide bonds. The van der Waals surface area contributed by atoms with Gasteiger partial charge in [-0.1, -0.05) is 23.7 Å². The number of carbonyl (C=O) groups excluding carboxylic acids is 1. The van der Waals surface area contributed by atoms with Crippen molar-refractivity contribution in [3.05, 3.63) is 34.9 Å². The zero-order valence-corrected chi connectivity index (χ0v) is 11.7. The molecule has 0 radical (unpaired) electrons. The highest BCUT2D eigenvalue weighted by Crippen LogP contribution is 2.19. The molecule has 3 nitrogen and oxygen atoms in total. The number of hydrogen-bond donors (Lipinski definition) is 0. The molecule has 100 valence electrons. The zero-order valence-electron chi connectivity index (χ0n) is 10.2. The van der Waals surface area contributed by atoms with Crippen LogP contribution in [0.1, 0.15) is 23.2 Å². The molecule has 0 saturated carbocycles. The van der Waals surface area contributed by atoms with Gasteiger partial charge >= 0.3 is 5.97 Å². The predicted molar refractivity (Wildman–Crippen MR) is 67.4 cm³/mol. The number of benzene rings is 1. The van der Waals surface area contributed by atoms with Crippen molar-refractivity contribution < 1.29 is 21.9 Å². The summed E-state index contributed by atoms with van der Waals surface area (Å²) in [5.41, 5.74) is 0.447. The van der Waals surface area contributed by atoms with Crippen molar-refractivity contribution in [1.29, 1.82) is 0 Å². The summed E-state index contributed by atoms with van der Waals surface area (Å²) >= 11 is 5.95. The lowest BCUT2D eigenvalue weighted by molar-refractivity contribution is -0.0000826. The number of likely N-dealkylation sites (tertiary alicyclic amines) is 1. The lowest BCUT2D eigenvalue weighted by Gasteiger charge is -2.29. The van der Waals surface area contributed by atoms with Gasteiger partial charge in [0.15, 0.2) is 0 Å². The maximum Gasteiger partial charge on any atom is 0.339 e. The number of likely N-dealkylation sites (N-methyl/N-ethyl adjacent to an activating group) is 1. The first-order valence-corrected chi connectivity index (χ1v) is 6.18. The first kappa shape index (κ1) is 15.3. The molecule has 1 unspecified atom stereocenters. The molecular weight excluding hydrogens is 273 g/mol. The topological polar surface area (TPSA) is 29.5 Å². The fraction of sp³-hybridized carbons (Fsp3) is 0.462. The van der Waals surface area contributed by atoms with Gasteiger partial charge in [-0.15, -0.1) is 0 Å². The Bertz CT molecular complexity index is 412. The molecule has 1 fully saturated rings. The van der Waals surface area contributed by atoms with Crippen molar-refractivity contribution in [2.24, 2.45) is 0 Å². The van der Waals surface area contributed by atoms with Crippen LogP contribution in [-0.4, -0.2) is 37.1 Å². The van der Waals surface area contributed by atoms with Gasteiger partial charge in [0.25, 0.3) is 0 Å². The van der Waals surface area contributed by atoms with Gasteiger partial charge in [0, 0.05) is 6.54 Å². The fourth-order valence-electron chi connectivity index (χ4n) is 2.06. The van der Waals surface area contributed by atoms with Crippen LogP contribution in [0.5, 0.6) is 0 Å². The van der Waals surface area contributed by atoms with Gasteiger partial charge in [-0.3, -0.25) is 0 Å². The molecule has 18 heavy (non-hydrogen) atoms. The van der Waals surface area contributed by atoms with Crippen molar-refractivity contribution in [2.75, 3.05) is 20.1 Å². The predicted octanol–water partition coefficient (Wildman–Crippen LogP) is -0.405. The fourth-order valence-corrected chi connectivity index (χ4v) is 2.27. The lowest BCUT2D eigenvalue weighted by Crippen LogP contribution is -3.00. The minimum absolute atomic E-state index is 0. The summed E-state index contributed by atoms with van der Waals surface area (Å²) in [6.07, 6.45) is 1.98. The van der Waals surface area contributed by atoms with Crippen molar-refractivity contribution >= 4 is 17.6 Å². The molecule has 1 atom stereocenters. The number of halogens is 2. The van der Waals surface area contributed by atoms with Gasteiger partial charge in [-0.05, 0) is 38.6 Å². The molecular formula is C13H16Cl2NO2-. The SMILES string of the molecule is CN1CCCC(OC(=O)c2ccccc2Cl)C1.[Cl-]. The van der Waals surface area contributed by atoms with E-state index in [1.807, 2.05) is 7.05 Å². The van der Waals surface area contributed by atoms with E-state index in [0.717, 1.165) is 25.9 Å². The van der Waals surface area contributed by atoms with Crippen LogP contribution in [-0.2, 0) is 4.74 Å². The molecule has 0 aromatic heterocycles. The van der Waals surface area contributed by atoms with Crippen molar-refractivity contribution in [1.82, 2.24) is 4.90 Å². The van der Waals surface area contributed by atoms with E-state index in [2.05, 4.69) is 4.90 Å². The average Bonchev–Trinajstić information content (AvgIpc) is 2.29. The van der Waals surface area contributed by atoms with Crippen LogP contribution in [0.3, 0.4) is 0 Å². The third-order valence-corrected chi connectivity index (χ3v) is 3.28. The second-order valence-electron chi connectivity index (χ2n) is 4.41. The van der Waals surface area contributed by atoms with E-state index in [0.29, 0.717) is 10.6 Å². The van der Waals surface area contributed by atoms with Gasteiger partial charge in [-0.2, -0.15) is 0 Å². The highest BCUT2D eigenvalue weighted by atomic mass is 35.5. The molecule has 5 heteroatoms. The zero-order chi connectivity index (χ0) is 12.3. The number of esters is 1. The van der Waals surface area contributed by atoms with Gasteiger partial charge in [0.1, 0.15) is 6.10 Å². The molecule has 0 aliphatic carbocycles. The summed E-state index contributed by atoms with van der Waals surface area (Å²) in [5.74, 6) is -0.323. The second-order valence-corrected chi connectivity index (χ2v) is 4.82. The van der Waals surface area contributed by atoms with Crippen LogP contribution in [0.25, 0.3) is 0 Å². The average molecular weight is 289 g/mol. The molecule has 1 saturated heterocycles. The number of ether oxygens (including phenoxy) is 1. The Morgan fingerprint density at radius 3 is 2.83 bits per heavy atom. The van der Waals surface area contributed by atoms with E-state index in [1.165, 1.54) is 0 Å². The Balaban J connectivity index is 0.00000162. The van der Waals surface area contributed by atoms with E-state index in [4.69, 9.17) is 16.3 Å². The molecule has 0 bridgehead atoms. The number of piperidine rings is 1. The molecule has 1 aromatic carbocycles. The van der Waals surface area contributed by atoms with Crippen LogP contribution in [0, 0.1) is 0 Å². The van der Waals surface area contributed by atoms with Crippen LogP contribution in [0.15, 0.2) is 24.3 Å². The van der Waals surface area contributed by atoms with Crippen LogP contribution >= 0.6 is 11.6 Å². The Hall–Kier alpha value is -0.770. The van der Waals surface area contributed by atoms with E-state index >= 15 is 0 Å². The van der Waals surface area contributed by atoms with Crippen molar-refractivity contribution in [2.45, 2.75) is 18.9 Å². The van der Waals surface area contributed by atoms with Crippen molar-refractivity contribution in [3.8, 4) is 0 Å². The van der Waals surface area contributed by atoms with Gasteiger partial charge in [0.05, 0.1) is 10.6 Å². The molecule has 0 N–H and O–H groups in total. The highest BCUT2D eigenvalue weighted by molar-refractivity contribution is 6.33. The normalized spacial score (nSPS) is 20.0. The first-order valence-electron chi connectivity index (χ1n) is 5.81. The molecule has 1 aliphatic rings. The van der Waals surface area contributed by atoms with Gasteiger partial charge < -0.3 is 22.0 Å². The molecule has 0 spiro atoms. The van der Waals surface area contributed by atoms with E-state index in [-0.39, 0.29) is 24.5 Å². The van der Waals surface area contributed by atoms with E-state index in [1.54, 1.807) is 24.3 Å². The van der Waals surface area contributed by atoms with Crippen LogP contribution in [0.2, 0.25) is 5.02 Å². The summed E-state index contributed by atoms with van der Waals surface area (Å²) in [5, 5.41) is 0.446. The van der Waals surface area contributed by atoms with Gasteiger partial charge in [-0.25, -0.2) is 4.79 Å². The Morgan fingerprint density at radius 1 is 1.44 bits per heavy atom. The number of hydrogen-bond acceptors (Lipinski definition) is 3. The Morgan fingerprint density at radius 2 is 2.17 bits per heavy atom. The summed E-state index contributed by atoms with van der Waals surface area (Å²) in [6.45, 7) is 1.87. The third-order valence-electron chi connectivity index (χ3n) is 2.95. The Labute approximate surface area is 118 Å². The van der Waals surface area contributed by atoms with Crippen LogP contribution in [0.4, 0.5) is 0 Å². The van der Waals surface area contributed by atoms with Crippen LogP contribution < -0.4 is 12.4 Å².